The van der Waals surface area contributed by atoms with Gasteiger partial charge in [-0.15, -0.1) is 0 Å². The zero-order valence-corrected chi connectivity index (χ0v) is 13.6. The van der Waals surface area contributed by atoms with Gasteiger partial charge >= 0.3 is 0 Å². The third kappa shape index (κ3) is 1.95. The van der Waals surface area contributed by atoms with Gasteiger partial charge in [-0.05, 0) is 13.3 Å². The molecule has 3 fully saturated rings. The third-order valence-corrected chi connectivity index (χ3v) is 5.29. The molecule has 3 saturated heterocycles. The van der Waals surface area contributed by atoms with E-state index in [9.17, 15) is 9.59 Å². The van der Waals surface area contributed by atoms with Crippen LogP contribution in [0.2, 0.25) is 0 Å². The first kappa shape index (κ1) is 14.7. The molecule has 2 atom stereocenters. The Morgan fingerprint density at radius 1 is 1.48 bits per heavy atom. The van der Waals surface area contributed by atoms with E-state index in [1.165, 1.54) is 0 Å². The van der Waals surface area contributed by atoms with Crippen LogP contribution in [0.25, 0.3) is 0 Å². The van der Waals surface area contributed by atoms with E-state index in [0.717, 1.165) is 18.7 Å². The van der Waals surface area contributed by atoms with E-state index in [2.05, 4.69) is 12.0 Å². The number of hydrogen-bond donors (Lipinski definition) is 0. The fourth-order valence-electron chi connectivity index (χ4n) is 4.26. The summed E-state index contributed by atoms with van der Waals surface area (Å²) in [5.41, 5.74) is 0.817. The van der Waals surface area contributed by atoms with Crippen LogP contribution in [0.15, 0.2) is 6.20 Å². The van der Waals surface area contributed by atoms with Crippen LogP contribution in [0.1, 0.15) is 42.2 Å². The lowest BCUT2D eigenvalue weighted by Crippen LogP contribution is -2.48. The van der Waals surface area contributed by atoms with Crippen LogP contribution in [0.4, 0.5) is 0 Å². The summed E-state index contributed by atoms with van der Waals surface area (Å²) in [7, 11) is 0. The fourth-order valence-corrected chi connectivity index (χ4v) is 4.26. The van der Waals surface area contributed by atoms with Gasteiger partial charge in [-0.3, -0.25) is 14.3 Å². The molecule has 0 unspecified atom stereocenters. The van der Waals surface area contributed by atoms with Crippen molar-refractivity contribution in [1.82, 2.24) is 19.6 Å². The summed E-state index contributed by atoms with van der Waals surface area (Å²) in [5, 5.41) is 4.42. The molecule has 1 spiro atoms. The third-order valence-electron chi connectivity index (χ3n) is 5.29. The Bertz CT molecular complexity index is 670. The van der Waals surface area contributed by atoms with Crippen LogP contribution in [-0.2, 0) is 16.1 Å². The van der Waals surface area contributed by atoms with Crippen molar-refractivity contribution >= 4 is 11.8 Å². The molecule has 0 radical (unpaired) electrons. The number of carbonyl (C=O) groups is 2. The van der Waals surface area contributed by atoms with Crippen molar-refractivity contribution < 1.29 is 14.3 Å². The smallest absolute Gasteiger partial charge is 0.257 e. The number of amides is 2. The minimum absolute atomic E-state index is 0.0307. The first-order valence-electron chi connectivity index (χ1n) is 8.36. The Hall–Kier alpha value is -1.89. The molecule has 7 heteroatoms. The van der Waals surface area contributed by atoms with Gasteiger partial charge in [-0.1, -0.05) is 6.92 Å². The van der Waals surface area contributed by atoms with Crippen LogP contribution in [-0.4, -0.2) is 62.9 Å². The summed E-state index contributed by atoms with van der Waals surface area (Å²) in [6, 6.07) is -0.168. The van der Waals surface area contributed by atoms with Gasteiger partial charge in [0, 0.05) is 32.3 Å². The van der Waals surface area contributed by atoms with Gasteiger partial charge in [0.1, 0.15) is 0 Å². The molecule has 2 amide bonds. The summed E-state index contributed by atoms with van der Waals surface area (Å²) in [6.07, 6.45) is 3.88. The van der Waals surface area contributed by atoms with E-state index in [4.69, 9.17) is 4.74 Å². The summed E-state index contributed by atoms with van der Waals surface area (Å²) in [5.74, 6) is 0.0697. The Morgan fingerprint density at radius 3 is 3.09 bits per heavy atom. The van der Waals surface area contributed by atoms with Crippen molar-refractivity contribution in [3.63, 3.8) is 0 Å². The number of hydrogen-bond acceptors (Lipinski definition) is 4. The number of ether oxygens (including phenoxy) is 1. The number of rotatable bonds is 3. The molecule has 0 bridgehead atoms. The second-order valence-corrected chi connectivity index (χ2v) is 6.60. The molecule has 124 valence electrons. The van der Waals surface area contributed by atoms with E-state index < -0.39 is 5.72 Å². The van der Waals surface area contributed by atoms with Crippen molar-refractivity contribution in [3.05, 3.63) is 17.5 Å². The second kappa shape index (κ2) is 5.06. The molecule has 3 aliphatic heterocycles. The molecule has 1 aromatic heterocycles. The molecule has 4 rings (SSSR count). The molecule has 0 N–H and O–H groups in total. The average molecular weight is 318 g/mol. The maximum absolute atomic E-state index is 13.0. The van der Waals surface area contributed by atoms with Crippen LogP contribution in [0, 0.1) is 6.92 Å². The standard InChI is InChI=1S/C16H22N4O3/c1-3-5-18-10-12(11(2)17-18)15(22)19-6-4-16-13(19)9-14(21)20(16)7-8-23-16/h10,13H,3-9H2,1-2H3/t13-,16+/m1/s1. The lowest BCUT2D eigenvalue weighted by atomic mass is 10.1. The van der Waals surface area contributed by atoms with Gasteiger partial charge < -0.3 is 14.5 Å². The maximum Gasteiger partial charge on any atom is 0.257 e. The van der Waals surface area contributed by atoms with Gasteiger partial charge in [-0.2, -0.15) is 5.10 Å². The highest BCUT2D eigenvalue weighted by Gasteiger charge is 2.63. The molecular formula is C16H22N4O3. The van der Waals surface area contributed by atoms with Crippen LogP contribution >= 0.6 is 0 Å². The lowest BCUT2D eigenvalue weighted by Gasteiger charge is -2.31. The first-order valence-corrected chi connectivity index (χ1v) is 8.36. The zero-order chi connectivity index (χ0) is 16.2. The molecule has 7 nitrogen and oxygen atoms in total. The molecule has 3 aliphatic rings. The molecule has 4 heterocycles. The van der Waals surface area contributed by atoms with Gasteiger partial charge in [0.2, 0.25) is 5.91 Å². The van der Waals surface area contributed by atoms with E-state index in [1.807, 2.05) is 27.6 Å². The SMILES string of the molecule is CCCn1cc(C(=O)N2CC[C@@]34OCCN3C(=O)C[C@@H]24)c(C)n1. The number of carbonyl (C=O) groups excluding carboxylic acids is 2. The predicted octanol–water partition coefficient (Wildman–Crippen LogP) is 0.775. The molecule has 0 aliphatic carbocycles. The van der Waals surface area contributed by atoms with Gasteiger partial charge in [0.05, 0.1) is 30.3 Å². The number of aryl methyl sites for hydroxylation is 2. The minimum Gasteiger partial charge on any atom is -0.351 e. The topological polar surface area (TPSA) is 67.7 Å². The molecule has 0 aromatic carbocycles. The maximum atomic E-state index is 13.0. The number of nitrogens with zero attached hydrogens (tertiary/aromatic N) is 4. The zero-order valence-electron chi connectivity index (χ0n) is 13.6. The number of likely N-dealkylation sites (tertiary alicyclic amines) is 1. The second-order valence-electron chi connectivity index (χ2n) is 6.60. The Balaban J connectivity index is 1.62. The monoisotopic (exact) mass is 318 g/mol. The first-order chi connectivity index (χ1) is 11.1. The normalized spacial score (nSPS) is 29.3. The molecule has 1 aromatic rings. The van der Waals surface area contributed by atoms with Crippen molar-refractivity contribution in [1.29, 1.82) is 0 Å². The van der Waals surface area contributed by atoms with Crippen LogP contribution in [0.3, 0.4) is 0 Å². The van der Waals surface area contributed by atoms with Crippen LogP contribution < -0.4 is 0 Å². The summed E-state index contributed by atoms with van der Waals surface area (Å²) >= 11 is 0. The quantitative estimate of drug-likeness (QED) is 0.826. The van der Waals surface area contributed by atoms with Crippen molar-refractivity contribution in [2.75, 3.05) is 19.7 Å². The largest absolute Gasteiger partial charge is 0.351 e. The summed E-state index contributed by atoms with van der Waals surface area (Å²) < 4.78 is 7.77. The van der Waals surface area contributed by atoms with E-state index >= 15 is 0 Å². The van der Waals surface area contributed by atoms with Crippen LogP contribution in [0.5, 0.6) is 0 Å². The van der Waals surface area contributed by atoms with Crippen molar-refractivity contribution in [3.8, 4) is 0 Å². The van der Waals surface area contributed by atoms with Gasteiger partial charge in [0.25, 0.3) is 5.91 Å². The van der Waals surface area contributed by atoms with E-state index in [-0.39, 0.29) is 17.9 Å². The van der Waals surface area contributed by atoms with E-state index in [1.54, 1.807) is 0 Å². The highest BCUT2D eigenvalue weighted by atomic mass is 16.5. The Kier molecular flexibility index (Phi) is 3.23. The van der Waals surface area contributed by atoms with Gasteiger partial charge in [0.15, 0.2) is 5.72 Å². The van der Waals surface area contributed by atoms with E-state index in [0.29, 0.717) is 38.1 Å². The molecular weight excluding hydrogens is 296 g/mol. The Morgan fingerprint density at radius 2 is 2.30 bits per heavy atom. The minimum atomic E-state index is -0.569. The summed E-state index contributed by atoms with van der Waals surface area (Å²) in [4.78, 5) is 28.9. The highest BCUT2D eigenvalue weighted by molar-refractivity contribution is 5.96. The molecule has 23 heavy (non-hydrogen) atoms. The summed E-state index contributed by atoms with van der Waals surface area (Å²) in [6.45, 7) is 6.59. The highest BCUT2D eigenvalue weighted by Crippen LogP contribution is 2.45. The van der Waals surface area contributed by atoms with Crippen molar-refractivity contribution in [2.24, 2.45) is 0 Å². The van der Waals surface area contributed by atoms with Crippen molar-refractivity contribution in [2.45, 2.75) is 51.4 Å². The fraction of sp³-hybridized carbons (Fsp3) is 0.688. The molecule has 0 saturated carbocycles. The lowest BCUT2D eigenvalue weighted by molar-refractivity contribution is -0.136. The number of aromatic nitrogens is 2. The predicted molar refractivity (Wildman–Crippen MR) is 81.7 cm³/mol. The Labute approximate surface area is 135 Å². The van der Waals surface area contributed by atoms with Gasteiger partial charge in [-0.25, -0.2) is 0 Å². The average Bonchev–Trinajstić information content (AvgIpc) is 3.22.